The summed E-state index contributed by atoms with van der Waals surface area (Å²) in [5, 5.41) is 8.95. The molecule has 21 heavy (non-hydrogen) atoms. The Morgan fingerprint density at radius 3 is 1.90 bits per heavy atom. The summed E-state index contributed by atoms with van der Waals surface area (Å²) in [5.74, 6) is 0. The van der Waals surface area contributed by atoms with Gasteiger partial charge in [0.05, 0.1) is 16.5 Å². The minimum Gasteiger partial charge on any atom is -0.389 e. The number of aliphatic hydroxyl groups is 1. The number of rotatable bonds is 1. The highest BCUT2D eigenvalue weighted by Crippen LogP contribution is 2.07. The van der Waals surface area contributed by atoms with Crippen LogP contribution in [0.2, 0.25) is 0 Å². The fraction of sp³-hybridized carbons (Fsp3) is 0.125. The van der Waals surface area contributed by atoms with Crippen molar-refractivity contribution in [1.82, 2.24) is 0 Å². The molecule has 5 heteroatoms. The maximum absolute atomic E-state index is 12.4. The molecule has 5 nitrogen and oxygen atoms in total. The van der Waals surface area contributed by atoms with E-state index in [1.54, 1.807) is 12.1 Å². The lowest BCUT2D eigenvalue weighted by Gasteiger charge is -2.03. The molecule has 0 aliphatic heterocycles. The van der Waals surface area contributed by atoms with Crippen LogP contribution in [0.4, 0.5) is 0 Å². The molecule has 1 N–H and O–H groups in total. The molecule has 1 atom stereocenters. The van der Waals surface area contributed by atoms with Gasteiger partial charge in [-0.05, 0) is 13.0 Å². The van der Waals surface area contributed by atoms with Gasteiger partial charge in [0, 0.05) is 16.3 Å². The van der Waals surface area contributed by atoms with Gasteiger partial charge in [0.15, 0.2) is 21.7 Å². The summed E-state index contributed by atoms with van der Waals surface area (Å²) < 4.78 is 0. The second-order valence-electron chi connectivity index (χ2n) is 4.92. The van der Waals surface area contributed by atoms with E-state index in [0.29, 0.717) is 0 Å². The predicted octanol–water partition coefficient (Wildman–Crippen LogP) is -0.0657. The molecule has 0 amide bonds. The lowest BCUT2D eigenvalue weighted by molar-refractivity contribution is 0.198. The van der Waals surface area contributed by atoms with Crippen LogP contribution in [-0.2, 0) is 0 Å². The Bertz CT molecular complexity index is 1130. The zero-order valence-electron chi connectivity index (χ0n) is 11.0. The number of hydrogen-bond acceptors (Lipinski definition) is 5. The molecule has 104 valence electrons. The van der Waals surface area contributed by atoms with E-state index >= 15 is 0 Å². The van der Waals surface area contributed by atoms with Gasteiger partial charge in [-0.3, -0.25) is 19.2 Å². The van der Waals surface area contributed by atoms with Crippen molar-refractivity contribution in [2.24, 2.45) is 0 Å². The van der Waals surface area contributed by atoms with Gasteiger partial charge in [-0.25, -0.2) is 0 Å². The maximum atomic E-state index is 12.4. The Labute approximate surface area is 117 Å². The van der Waals surface area contributed by atoms with Crippen LogP contribution in [0.5, 0.6) is 0 Å². The summed E-state index contributed by atoms with van der Waals surface area (Å²) >= 11 is 0. The topological polar surface area (TPSA) is 88.5 Å². The van der Waals surface area contributed by atoms with Crippen molar-refractivity contribution in [3.8, 4) is 0 Å². The quantitative estimate of drug-likeness (QED) is 0.675. The highest BCUT2D eigenvalue weighted by molar-refractivity contribution is 5.82. The number of fused-ring (bicyclic) bond motifs is 1. The van der Waals surface area contributed by atoms with Crippen LogP contribution in [0.25, 0.3) is 10.8 Å². The number of hydrogen-bond donors (Lipinski definition) is 1. The van der Waals surface area contributed by atoms with Crippen LogP contribution < -0.4 is 21.7 Å². The summed E-state index contributed by atoms with van der Waals surface area (Å²) in [4.78, 5) is 49.2. The fourth-order valence-corrected chi connectivity index (χ4v) is 2.56. The van der Waals surface area contributed by atoms with Gasteiger partial charge < -0.3 is 5.11 Å². The van der Waals surface area contributed by atoms with Crippen LogP contribution in [0, 0.1) is 10.4 Å². The molecule has 0 spiro atoms. The number of aliphatic hydroxyl groups excluding tert-OH is 1. The molecule has 0 radical (unpaired) electrons. The first-order valence-electron chi connectivity index (χ1n) is 6.35. The van der Waals surface area contributed by atoms with Crippen molar-refractivity contribution in [1.29, 1.82) is 0 Å². The van der Waals surface area contributed by atoms with Crippen molar-refractivity contribution in [3.63, 3.8) is 0 Å². The Balaban J connectivity index is 2.86. The Kier molecular flexibility index (Phi) is 2.81. The van der Waals surface area contributed by atoms with Crippen LogP contribution in [0.3, 0.4) is 0 Å². The Hall–Kier alpha value is -2.66. The summed E-state index contributed by atoms with van der Waals surface area (Å²) in [6.07, 6.45) is -1.18. The predicted molar refractivity (Wildman–Crippen MR) is 77.3 cm³/mol. The van der Waals surface area contributed by atoms with Crippen molar-refractivity contribution < 1.29 is 5.11 Å². The van der Waals surface area contributed by atoms with Gasteiger partial charge in [0.1, 0.15) is 0 Å². The SMILES string of the molecule is CC(O)c1cc(=O)c2c(=O)c3ccccc3c(=O)c=2c1=O. The van der Waals surface area contributed by atoms with E-state index in [4.69, 9.17) is 0 Å². The molecule has 0 bridgehead atoms. The normalized spacial score (nSPS) is 12.9. The first kappa shape index (κ1) is 13.3. The highest BCUT2D eigenvalue weighted by Gasteiger charge is 2.16. The van der Waals surface area contributed by atoms with E-state index in [1.165, 1.54) is 19.1 Å². The monoisotopic (exact) mass is 282 g/mol. The van der Waals surface area contributed by atoms with E-state index in [9.17, 15) is 24.3 Å². The Morgan fingerprint density at radius 1 is 0.857 bits per heavy atom. The van der Waals surface area contributed by atoms with E-state index in [1.807, 2.05) is 0 Å². The first-order valence-corrected chi connectivity index (χ1v) is 6.35. The number of benzene rings is 1. The van der Waals surface area contributed by atoms with Crippen LogP contribution >= 0.6 is 0 Å². The molecule has 0 heterocycles. The first-order chi connectivity index (χ1) is 9.93. The van der Waals surface area contributed by atoms with Crippen molar-refractivity contribution in [3.05, 3.63) is 87.2 Å². The standard InChI is InChI=1S/C16H10O5/c1-7(17)10-6-11(18)12-13(16(10)21)15(20)9-5-3-2-4-8(9)14(12)19/h2-7,17H,1H3. The van der Waals surface area contributed by atoms with Crippen molar-refractivity contribution in [2.45, 2.75) is 13.0 Å². The fourth-order valence-electron chi connectivity index (χ4n) is 2.56. The molecule has 2 aliphatic carbocycles. The second-order valence-corrected chi connectivity index (χ2v) is 4.92. The highest BCUT2D eigenvalue weighted by atomic mass is 16.3. The third kappa shape index (κ3) is 1.75. The van der Waals surface area contributed by atoms with E-state index in [2.05, 4.69) is 0 Å². The van der Waals surface area contributed by atoms with Gasteiger partial charge in [-0.15, -0.1) is 0 Å². The van der Waals surface area contributed by atoms with Crippen molar-refractivity contribution >= 4 is 10.8 Å². The molecule has 2 aliphatic rings. The summed E-state index contributed by atoms with van der Waals surface area (Å²) in [5.41, 5.74) is -2.91. The van der Waals surface area contributed by atoms with Gasteiger partial charge in [-0.1, -0.05) is 24.3 Å². The van der Waals surface area contributed by atoms with Crippen LogP contribution in [0.15, 0.2) is 49.5 Å². The molecule has 0 saturated heterocycles. The van der Waals surface area contributed by atoms with E-state index in [0.717, 1.165) is 6.07 Å². The van der Waals surface area contributed by atoms with Gasteiger partial charge in [0.2, 0.25) is 0 Å². The molecule has 1 unspecified atom stereocenters. The molecular weight excluding hydrogens is 272 g/mol. The largest absolute Gasteiger partial charge is 0.389 e. The summed E-state index contributed by atoms with van der Waals surface area (Å²) in [6, 6.07) is 6.99. The van der Waals surface area contributed by atoms with Crippen molar-refractivity contribution in [2.75, 3.05) is 0 Å². The molecule has 1 aromatic rings. The van der Waals surface area contributed by atoms with E-state index in [-0.39, 0.29) is 16.3 Å². The second kappa shape index (κ2) is 4.43. The summed E-state index contributed by atoms with van der Waals surface area (Å²) in [7, 11) is 0. The minimum atomic E-state index is -1.18. The molecule has 0 fully saturated rings. The zero-order valence-corrected chi connectivity index (χ0v) is 11.0. The van der Waals surface area contributed by atoms with Crippen LogP contribution in [0.1, 0.15) is 18.6 Å². The zero-order chi connectivity index (χ0) is 15.3. The molecule has 1 aromatic carbocycles. The smallest absolute Gasteiger partial charge is 0.198 e. The third-order valence-corrected chi connectivity index (χ3v) is 3.59. The molecule has 0 saturated carbocycles. The lowest BCUT2D eigenvalue weighted by Crippen LogP contribution is -2.31. The lowest BCUT2D eigenvalue weighted by atomic mass is 10.0. The van der Waals surface area contributed by atoms with Gasteiger partial charge >= 0.3 is 0 Å². The average molecular weight is 282 g/mol. The average Bonchev–Trinajstić information content (AvgIpc) is 2.46. The molecule has 3 rings (SSSR count). The maximum Gasteiger partial charge on any atom is 0.198 e. The van der Waals surface area contributed by atoms with Crippen LogP contribution in [-0.4, -0.2) is 5.11 Å². The van der Waals surface area contributed by atoms with E-state index < -0.39 is 38.3 Å². The third-order valence-electron chi connectivity index (χ3n) is 3.59. The van der Waals surface area contributed by atoms with Gasteiger partial charge in [0.25, 0.3) is 0 Å². The molecule has 0 aromatic heterocycles. The van der Waals surface area contributed by atoms with Gasteiger partial charge in [-0.2, -0.15) is 0 Å². The molecular formula is C16H10O5. The minimum absolute atomic E-state index is 0.106. The summed E-state index contributed by atoms with van der Waals surface area (Å²) in [6.45, 7) is 1.33. The Morgan fingerprint density at radius 2 is 1.38 bits per heavy atom.